The van der Waals surface area contributed by atoms with E-state index in [2.05, 4.69) is 17.6 Å². The highest BCUT2D eigenvalue weighted by molar-refractivity contribution is 7.80. The molecule has 1 amide bonds. The molecule has 0 heterocycles. The molecule has 0 unspecified atom stereocenters. The average Bonchev–Trinajstić information content (AvgIpc) is 2.67. The zero-order valence-corrected chi connectivity index (χ0v) is 16.6. The first-order valence-electron chi connectivity index (χ1n) is 9.20. The first-order chi connectivity index (χ1) is 13.1. The lowest BCUT2D eigenvalue weighted by atomic mass is 10.2. The summed E-state index contributed by atoms with van der Waals surface area (Å²) in [5.74, 6) is 1.15. The Morgan fingerprint density at radius 1 is 0.963 bits per heavy atom. The lowest BCUT2D eigenvalue weighted by molar-refractivity contribution is 0.0977. The third-order valence-corrected chi connectivity index (χ3v) is 3.86. The normalized spacial score (nSPS) is 10.1. The average molecular weight is 387 g/mol. The standard InChI is InChI=1S/C21H26N2O3S/c1-3-5-13-26-19-11-7-9-17(15-19)22-21(27)23-20(24)16-8-6-10-18(14-16)25-12-4-2/h6-11,14-15H,3-5,12-13H2,1-2H3,(H2,22,23,24,27). The molecule has 5 nitrogen and oxygen atoms in total. The molecule has 0 saturated heterocycles. The number of nitrogens with one attached hydrogen (secondary N) is 2. The van der Waals surface area contributed by atoms with E-state index >= 15 is 0 Å². The molecule has 0 radical (unpaired) electrons. The number of benzene rings is 2. The summed E-state index contributed by atoms with van der Waals surface area (Å²) >= 11 is 5.25. The summed E-state index contributed by atoms with van der Waals surface area (Å²) in [6, 6.07) is 14.5. The first-order valence-corrected chi connectivity index (χ1v) is 9.61. The minimum absolute atomic E-state index is 0.227. The van der Waals surface area contributed by atoms with Gasteiger partial charge in [0.05, 0.1) is 13.2 Å². The van der Waals surface area contributed by atoms with Gasteiger partial charge in [0.15, 0.2) is 5.11 Å². The van der Waals surface area contributed by atoms with E-state index in [1.165, 1.54) is 0 Å². The van der Waals surface area contributed by atoms with Crippen molar-refractivity contribution in [3.8, 4) is 11.5 Å². The third-order valence-electron chi connectivity index (χ3n) is 3.65. The zero-order valence-electron chi connectivity index (χ0n) is 15.8. The first kappa shape index (κ1) is 20.7. The fourth-order valence-corrected chi connectivity index (χ4v) is 2.49. The maximum absolute atomic E-state index is 12.4. The lowest BCUT2D eigenvalue weighted by Crippen LogP contribution is -2.34. The van der Waals surface area contributed by atoms with Gasteiger partial charge in [-0.1, -0.05) is 32.4 Å². The highest BCUT2D eigenvalue weighted by Crippen LogP contribution is 2.18. The topological polar surface area (TPSA) is 59.6 Å². The summed E-state index contributed by atoms with van der Waals surface area (Å²) < 4.78 is 11.2. The van der Waals surface area contributed by atoms with Gasteiger partial charge in [0.1, 0.15) is 11.5 Å². The molecule has 27 heavy (non-hydrogen) atoms. The Balaban J connectivity index is 1.91. The second-order valence-corrected chi connectivity index (χ2v) is 6.42. The minimum atomic E-state index is -0.287. The van der Waals surface area contributed by atoms with E-state index in [1.54, 1.807) is 18.2 Å². The number of thiocarbonyl (C=S) groups is 1. The van der Waals surface area contributed by atoms with Crippen molar-refractivity contribution in [1.29, 1.82) is 0 Å². The van der Waals surface area contributed by atoms with Gasteiger partial charge in [-0.2, -0.15) is 0 Å². The summed E-state index contributed by atoms with van der Waals surface area (Å²) in [5.41, 5.74) is 1.25. The molecule has 144 valence electrons. The molecular formula is C21H26N2O3S. The molecule has 0 aliphatic carbocycles. The van der Waals surface area contributed by atoms with Crippen molar-refractivity contribution >= 4 is 28.9 Å². The Hall–Kier alpha value is -2.60. The number of ether oxygens (including phenoxy) is 2. The predicted molar refractivity (Wildman–Crippen MR) is 113 cm³/mol. The van der Waals surface area contributed by atoms with Gasteiger partial charge < -0.3 is 14.8 Å². The number of carbonyl (C=O) groups excluding carboxylic acids is 1. The van der Waals surface area contributed by atoms with E-state index in [9.17, 15) is 4.79 Å². The summed E-state index contributed by atoms with van der Waals surface area (Å²) in [5, 5.41) is 5.92. The molecule has 0 aliphatic rings. The van der Waals surface area contributed by atoms with Gasteiger partial charge in [-0.25, -0.2) is 0 Å². The molecule has 0 bridgehead atoms. The number of carbonyl (C=O) groups is 1. The number of hydrogen-bond donors (Lipinski definition) is 2. The Morgan fingerprint density at radius 2 is 1.67 bits per heavy atom. The lowest BCUT2D eigenvalue weighted by Gasteiger charge is -2.12. The maximum atomic E-state index is 12.4. The summed E-state index contributed by atoms with van der Waals surface area (Å²) in [7, 11) is 0. The van der Waals surface area contributed by atoms with E-state index in [0.29, 0.717) is 24.5 Å². The van der Waals surface area contributed by atoms with E-state index < -0.39 is 0 Å². The van der Waals surface area contributed by atoms with Crippen LogP contribution in [0.4, 0.5) is 5.69 Å². The number of unbranched alkanes of at least 4 members (excludes halogenated alkanes) is 1. The molecule has 2 aromatic rings. The Bertz CT molecular complexity index is 765. The number of hydrogen-bond acceptors (Lipinski definition) is 4. The van der Waals surface area contributed by atoms with Gasteiger partial charge in [0.2, 0.25) is 0 Å². The molecule has 0 fully saturated rings. The Kier molecular flexibility index (Phi) is 8.58. The highest BCUT2D eigenvalue weighted by atomic mass is 32.1. The van der Waals surface area contributed by atoms with Crippen molar-refractivity contribution in [1.82, 2.24) is 5.32 Å². The monoisotopic (exact) mass is 386 g/mol. The van der Waals surface area contributed by atoms with Crippen molar-refractivity contribution < 1.29 is 14.3 Å². The van der Waals surface area contributed by atoms with Crippen LogP contribution in [-0.4, -0.2) is 24.2 Å². The van der Waals surface area contributed by atoms with Gasteiger partial charge in [0, 0.05) is 17.3 Å². The molecule has 2 rings (SSSR count). The summed E-state index contributed by atoms with van der Waals surface area (Å²) in [6.45, 7) is 5.44. The van der Waals surface area contributed by atoms with Gasteiger partial charge >= 0.3 is 0 Å². The second-order valence-electron chi connectivity index (χ2n) is 6.01. The van der Waals surface area contributed by atoms with Gasteiger partial charge in [-0.15, -0.1) is 0 Å². The molecule has 0 spiro atoms. The number of anilines is 1. The van der Waals surface area contributed by atoms with Crippen molar-refractivity contribution in [2.75, 3.05) is 18.5 Å². The maximum Gasteiger partial charge on any atom is 0.257 e. The molecule has 6 heteroatoms. The number of rotatable bonds is 9. The van der Waals surface area contributed by atoms with Crippen molar-refractivity contribution in [3.05, 3.63) is 54.1 Å². The quantitative estimate of drug-likeness (QED) is 0.480. The largest absolute Gasteiger partial charge is 0.494 e. The smallest absolute Gasteiger partial charge is 0.257 e. The fraction of sp³-hybridized carbons (Fsp3) is 0.333. The minimum Gasteiger partial charge on any atom is -0.494 e. The van der Waals surface area contributed by atoms with Crippen LogP contribution in [0.1, 0.15) is 43.5 Å². The van der Waals surface area contributed by atoms with Crippen LogP contribution < -0.4 is 20.1 Å². The van der Waals surface area contributed by atoms with Crippen LogP contribution in [0.5, 0.6) is 11.5 Å². The fourth-order valence-electron chi connectivity index (χ4n) is 2.28. The van der Waals surface area contributed by atoms with Gasteiger partial charge in [-0.05, 0) is 55.4 Å². The van der Waals surface area contributed by atoms with Crippen molar-refractivity contribution in [2.24, 2.45) is 0 Å². The Labute approximate surface area is 166 Å². The third kappa shape index (κ3) is 7.27. The zero-order chi connectivity index (χ0) is 19.5. The van der Waals surface area contributed by atoms with Crippen LogP contribution in [0.3, 0.4) is 0 Å². The van der Waals surface area contributed by atoms with Gasteiger partial charge in [0.25, 0.3) is 5.91 Å². The molecule has 0 saturated carbocycles. The predicted octanol–water partition coefficient (Wildman–Crippen LogP) is 4.78. The van der Waals surface area contributed by atoms with Crippen LogP contribution in [-0.2, 0) is 0 Å². The van der Waals surface area contributed by atoms with Crippen LogP contribution in [0.15, 0.2) is 48.5 Å². The van der Waals surface area contributed by atoms with E-state index in [0.717, 1.165) is 30.7 Å². The molecule has 0 atom stereocenters. The second kappa shape index (κ2) is 11.2. The molecule has 0 aliphatic heterocycles. The SMILES string of the molecule is CCCCOc1cccc(NC(=S)NC(=O)c2cccc(OCCC)c2)c1. The molecule has 2 N–H and O–H groups in total. The van der Waals surface area contributed by atoms with Gasteiger partial charge in [-0.3, -0.25) is 10.1 Å². The van der Waals surface area contributed by atoms with Crippen molar-refractivity contribution in [2.45, 2.75) is 33.1 Å². The van der Waals surface area contributed by atoms with Crippen LogP contribution in [0, 0.1) is 0 Å². The molecule has 2 aromatic carbocycles. The van der Waals surface area contributed by atoms with E-state index in [4.69, 9.17) is 21.7 Å². The highest BCUT2D eigenvalue weighted by Gasteiger charge is 2.09. The van der Waals surface area contributed by atoms with Crippen molar-refractivity contribution in [3.63, 3.8) is 0 Å². The summed E-state index contributed by atoms with van der Waals surface area (Å²) in [4.78, 5) is 12.4. The van der Waals surface area contributed by atoms with E-state index in [1.807, 2.05) is 37.3 Å². The van der Waals surface area contributed by atoms with Crippen LogP contribution in [0.25, 0.3) is 0 Å². The van der Waals surface area contributed by atoms with E-state index in [-0.39, 0.29) is 11.0 Å². The molecular weight excluding hydrogens is 360 g/mol. The Morgan fingerprint density at radius 3 is 2.41 bits per heavy atom. The van der Waals surface area contributed by atoms with Crippen LogP contribution in [0.2, 0.25) is 0 Å². The number of amides is 1. The van der Waals surface area contributed by atoms with Crippen LogP contribution >= 0.6 is 12.2 Å². The molecule has 0 aromatic heterocycles. The summed E-state index contributed by atoms with van der Waals surface area (Å²) in [6.07, 6.45) is 3.00.